The highest BCUT2D eigenvalue weighted by Gasteiger charge is 2.23. The average molecular weight is 470 g/mol. The Balaban J connectivity index is 3.86. The van der Waals surface area contributed by atoms with Crippen LogP contribution in [-0.2, 0) is 4.79 Å². The molecule has 5 nitrogen and oxygen atoms in total. The molecule has 0 aliphatic heterocycles. The standard InChI is InChI=1S/C28H55NO4/c1-3-5-7-8-9-10-11-12-13-14-15-16-17-18-19-21-23-29(24-26(31)25-30)28(33)27(32)22-20-6-4-2/h12-13,26-27,30-32H,3-11,14-25H2,1-2H3/b13-12-. The number of hydrogen-bond acceptors (Lipinski definition) is 4. The molecule has 0 aromatic rings. The number of aliphatic hydroxyl groups is 3. The summed E-state index contributed by atoms with van der Waals surface area (Å²) in [5, 5.41) is 29.1. The highest BCUT2D eigenvalue weighted by molar-refractivity contribution is 5.80. The molecule has 0 aliphatic rings. The van der Waals surface area contributed by atoms with Crippen LogP contribution in [-0.4, -0.2) is 58.0 Å². The minimum Gasteiger partial charge on any atom is -0.394 e. The number of amides is 1. The monoisotopic (exact) mass is 469 g/mol. The summed E-state index contributed by atoms with van der Waals surface area (Å²) in [6.45, 7) is 4.59. The van der Waals surface area contributed by atoms with Crippen molar-refractivity contribution in [1.29, 1.82) is 0 Å². The first kappa shape index (κ1) is 32.1. The Hall–Kier alpha value is -0.910. The number of aliphatic hydroxyl groups excluding tert-OH is 3. The van der Waals surface area contributed by atoms with E-state index in [1.165, 1.54) is 75.5 Å². The van der Waals surface area contributed by atoms with Crippen LogP contribution in [0.3, 0.4) is 0 Å². The van der Waals surface area contributed by atoms with Crippen molar-refractivity contribution in [3.63, 3.8) is 0 Å². The molecule has 33 heavy (non-hydrogen) atoms. The number of unbranched alkanes of at least 4 members (excludes halogenated alkanes) is 14. The summed E-state index contributed by atoms with van der Waals surface area (Å²) in [5.74, 6) is -0.314. The fraction of sp³-hybridized carbons (Fsp3) is 0.893. The quantitative estimate of drug-likeness (QED) is 0.117. The van der Waals surface area contributed by atoms with Gasteiger partial charge in [0, 0.05) is 13.1 Å². The van der Waals surface area contributed by atoms with E-state index in [1.807, 2.05) is 0 Å². The van der Waals surface area contributed by atoms with E-state index in [2.05, 4.69) is 26.0 Å². The molecule has 0 saturated heterocycles. The summed E-state index contributed by atoms with van der Waals surface area (Å²) in [6.07, 6.45) is 23.4. The highest BCUT2D eigenvalue weighted by atomic mass is 16.3. The highest BCUT2D eigenvalue weighted by Crippen LogP contribution is 2.12. The maximum atomic E-state index is 12.6. The van der Waals surface area contributed by atoms with Crippen molar-refractivity contribution < 1.29 is 20.1 Å². The number of carbonyl (C=O) groups excluding carboxylic acids is 1. The molecule has 0 rings (SSSR count). The first-order chi connectivity index (χ1) is 16.1. The van der Waals surface area contributed by atoms with E-state index in [9.17, 15) is 15.0 Å². The zero-order chi connectivity index (χ0) is 24.6. The molecule has 1 amide bonds. The molecule has 196 valence electrons. The fourth-order valence-corrected chi connectivity index (χ4v) is 4.08. The largest absolute Gasteiger partial charge is 0.394 e. The third kappa shape index (κ3) is 20.2. The maximum absolute atomic E-state index is 12.6. The van der Waals surface area contributed by atoms with E-state index in [0.29, 0.717) is 13.0 Å². The summed E-state index contributed by atoms with van der Waals surface area (Å²) in [4.78, 5) is 14.1. The van der Waals surface area contributed by atoms with Gasteiger partial charge in [0.2, 0.25) is 0 Å². The van der Waals surface area contributed by atoms with Gasteiger partial charge in [-0.3, -0.25) is 4.79 Å². The Morgan fingerprint density at radius 1 is 0.727 bits per heavy atom. The number of allylic oxidation sites excluding steroid dienone is 2. The number of carbonyl (C=O) groups is 1. The van der Waals surface area contributed by atoms with Crippen LogP contribution in [0.4, 0.5) is 0 Å². The van der Waals surface area contributed by atoms with Crippen LogP contribution in [0.2, 0.25) is 0 Å². The predicted octanol–water partition coefficient (Wildman–Crippen LogP) is 6.15. The lowest BCUT2D eigenvalue weighted by molar-refractivity contribution is -0.142. The Labute approximate surface area is 204 Å². The predicted molar refractivity (Wildman–Crippen MR) is 139 cm³/mol. The molecule has 2 unspecified atom stereocenters. The van der Waals surface area contributed by atoms with Gasteiger partial charge in [-0.25, -0.2) is 0 Å². The molecule has 0 spiro atoms. The average Bonchev–Trinajstić information content (AvgIpc) is 2.82. The summed E-state index contributed by atoms with van der Waals surface area (Å²) >= 11 is 0. The van der Waals surface area contributed by atoms with Crippen molar-refractivity contribution in [1.82, 2.24) is 4.90 Å². The SMILES string of the molecule is CCCCCCCC/C=C\CCCCCCCCN(CC(O)CO)C(=O)C(O)CCCCC. The van der Waals surface area contributed by atoms with Crippen molar-refractivity contribution in [3.05, 3.63) is 12.2 Å². The number of hydrogen-bond donors (Lipinski definition) is 3. The normalized spacial score (nSPS) is 13.5. The lowest BCUT2D eigenvalue weighted by Crippen LogP contribution is -2.44. The lowest BCUT2D eigenvalue weighted by Gasteiger charge is -2.27. The molecule has 0 fully saturated rings. The third-order valence-electron chi connectivity index (χ3n) is 6.26. The van der Waals surface area contributed by atoms with Gasteiger partial charge in [0.15, 0.2) is 0 Å². The van der Waals surface area contributed by atoms with Crippen LogP contribution in [0.1, 0.15) is 129 Å². The summed E-state index contributed by atoms with van der Waals surface area (Å²) in [5.41, 5.74) is 0. The molecule has 0 aliphatic carbocycles. The molecule has 0 aromatic heterocycles. The van der Waals surface area contributed by atoms with Gasteiger partial charge >= 0.3 is 0 Å². The van der Waals surface area contributed by atoms with Gasteiger partial charge in [0.05, 0.1) is 12.7 Å². The van der Waals surface area contributed by atoms with Crippen LogP contribution in [0.5, 0.6) is 0 Å². The molecule has 3 N–H and O–H groups in total. The third-order valence-corrected chi connectivity index (χ3v) is 6.26. The van der Waals surface area contributed by atoms with Gasteiger partial charge in [-0.05, 0) is 38.5 Å². The van der Waals surface area contributed by atoms with Crippen LogP contribution in [0.15, 0.2) is 12.2 Å². The van der Waals surface area contributed by atoms with Crippen LogP contribution in [0, 0.1) is 0 Å². The topological polar surface area (TPSA) is 81.0 Å². The van der Waals surface area contributed by atoms with E-state index >= 15 is 0 Å². The molecule has 2 atom stereocenters. The van der Waals surface area contributed by atoms with Gasteiger partial charge in [0.1, 0.15) is 6.10 Å². The number of rotatable bonds is 24. The van der Waals surface area contributed by atoms with Crippen molar-refractivity contribution in [3.8, 4) is 0 Å². The Kier molecular flexibility index (Phi) is 23.6. The maximum Gasteiger partial charge on any atom is 0.251 e. The van der Waals surface area contributed by atoms with Crippen molar-refractivity contribution in [2.24, 2.45) is 0 Å². The summed E-state index contributed by atoms with van der Waals surface area (Å²) in [6, 6.07) is 0. The minimum absolute atomic E-state index is 0.0885. The molecule has 0 aromatic carbocycles. The molecule has 5 heteroatoms. The Morgan fingerprint density at radius 3 is 1.76 bits per heavy atom. The molecule has 0 heterocycles. The fourth-order valence-electron chi connectivity index (χ4n) is 4.08. The van der Waals surface area contributed by atoms with Crippen molar-refractivity contribution >= 4 is 5.91 Å². The second kappa shape index (κ2) is 24.2. The zero-order valence-electron chi connectivity index (χ0n) is 21.9. The van der Waals surface area contributed by atoms with E-state index in [4.69, 9.17) is 5.11 Å². The van der Waals surface area contributed by atoms with Crippen molar-refractivity contribution in [2.45, 2.75) is 142 Å². The summed E-state index contributed by atoms with van der Waals surface area (Å²) < 4.78 is 0. The van der Waals surface area contributed by atoms with Gasteiger partial charge in [-0.1, -0.05) is 103 Å². The Morgan fingerprint density at radius 2 is 1.21 bits per heavy atom. The molecular formula is C28H55NO4. The molecule has 0 saturated carbocycles. The number of nitrogens with zero attached hydrogens (tertiary/aromatic N) is 1. The van der Waals surface area contributed by atoms with Crippen LogP contribution in [0.25, 0.3) is 0 Å². The van der Waals surface area contributed by atoms with Gasteiger partial charge in [-0.2, -0.15) is 0 Å². The zero-order valence-corrected chi connectivity index (χ0v) is 21.9. The molecule has 0 radical (unpaired) electrons. The van der Waals surface area contributed by atoms with Crippen LogP contribution < -0.4 is 0 Å². The first-order valence-electron chi connectivity index (χ1n) is 14.0. The van der Waals surface area contributed by atoms with Gasteiger partial charge < -0.3 is 20.2 Å². The van der Waals surface area contributed by atoms with E-state index in [1.54, 1.807) is 0 Å². The van der Waals surface area contributed by atoms with Crippen molar-refractivity contribution in [2.75, 3.05) is 19.7 Å². The van der Waals surface area contributed by atoms with Gasteiger partial charge in [-0.15, -0.1) is 0 Å². The minimum atomic E-state index is -1.00. The lowest BCUT2D eigenvalue weighted by atomic mass is 10.1. The van der Waals surface area contributed by atoms with E-state index in [-0.39, 0.29) is 19.1 Å². The first-order valence-corrected chi connectivity index (χ1v) is 14.0. The second-order valence-corrected chi connectivity index (χ2v) is 9.57. The molecular weight excluding hydrogens is 414 g/mol. The Bertz CT molecular complexity index is 455. The van der Waals surface area contributed by atoms with Crippen LogP contribution >= 0.6 is 0 Å². The summed E-state index contributed by atoms with van der Waals surface area (Å²) in [7, 11) is 0. The van der Waals surface area contributed by atoms with E-state index < -0.39 is 12.2 Å². The van der Waals surface area contributed by atoms with E-state index in [0.717, 1.165) is 38.5 Å². The smallest absolute Gasteiger partial charge is 0.251 e. The van der Waals surface area contributed by atoms with Gasteiger partial charge in [0.25, 0.3) is 5.91 Å². The molecule has 0 bridgehead atoms. The second-order valence-electron chi connectivity index (χ2n) is 9.57.